The van der Waals surface area contributed by atoms with Gasteiger partial charge in [0.1, 0.15) is 11.2 Å². The van der Waals surface area contributed by atoms with Crippen LogP contribution in [0, 0.1) is 26.7 Å². The Morgan fingerprint density at radius 1 is 1.16 bits per heavy atom. The standard InChI is InChI=1S/C26H31NO5/c1-15-14-31-23-17(3)24-21(12-20(15)23)16(2)19(25(29)32-24)7-8-22(28)27-11-10-26(30)9-5-4-6-18(26)13-27/h12,14,18,30H,4-11,13H2,1-3H3/t18-,26-/m0/s1. The van der Waals surface area contributed by atoms with Crippen molar-refractivity contribution < 1.29 is 18.7 Å². The van der Waals surface area contributed by atoms with Crippen LogP contribution in [0.4, 0.5) is 0 Å². The second-order valence-corrected chi connectivity index (χ2v) is 9.80. The van der Waals surface area contributed by atoms with E-state index in [1.54, 1.807) is 6.26 Å². The minimum absolute atomic E-state index is 0.0498. The van der Waals surface area contributed by atoms with Gasteiger partial charge >= 0.3 is 5.63 Å². The summed E-state index contributed by atoms with van der Waals surface area (Å²) < 4.78 is 11.4. The number of nitrogens with zero attached hydrogens (tertiary/aromatic N) is 1. The van der Waals surface area contributed by atoms with Crippen molar-refractivity contribution in [1.82, 2.24) is 4.90 Å². The minimum atomic E-state index is -0.598. The molecule has 2 fully saturated rings. The fourth-order valence-electron chi connectivity index (χ4n) is 5.80. The lowest BCUT2D eigenvalue weighted by Gasteiger charge is -2.47. The average molecular weight is 438 g/mol. The normalized spacial score (nSPS) is 23.6. The van der Waals surface area contributed by atoms with E-state index in [-0.39, 0.29) is 23.9 Å². The van der Waals surface area contributed by atoms with Gasteiger partial charge < -0.3 is 18.8 Å². The van der Waals surface area contributed by atoms with E-state index < -0.39 is 5.60 Å². The van der Waals surface area contributed by atoms with Crippen LogP contribution < -0.4 is 5.63 Å². The van der Waals surface area contributed by atoms with Gasteiger partial charge in [0.25, 0.3) is 0 Å². The lowest BCUT2D eigenvalue weighted by Crippen LogP contribution is -2.54. The van der Waals surface area contributed by atoms with Crippen LogP contribution in [0.3, 0.4) is 0 Å². The summed E-state index contributed by atoms with van der Waals surface area (Å²) in [6.45, 7) is 7.05. The molecule has 0 unspecified atom stereocenters. The number of hydrogen-bond acceptors (Lipinski definition) is 5. The molecule has 6 nitrogen and oxygen atoms in total. The maximum Gasteiger partial charge on any atom is 0.339 e. The van der Waals surface area contributed by atoms with Crippen LogP contribution in [0.5, 0.6) is 0 Å². The molecule has 3 aromatic rings. The maximum absolute atomic E-state index is 13.0. The third-order valence-corrected chi connectivity index (χ3v) is 7.90. The molecular weight excluding hydrogens is 406 g/mol. The first-order valence-electron chi connectivity index (χ1n) is 11.7. The number of aryl methyl sites for hydroxylation is 3. The van der Waals surface area contributed by atoms with E-state index in [0.29, 0.717) is 37.1 Å². The summed E-state index contributed by atoms with van der Waals surface area (Å²) in [4.78, 5) is 27.7. The number of rotatable bonds is 3. The van der Waals surface area contributed by atoms with Crippen molar-refractivity contribution in [1.29, 1.82) is 0 Å². The van der Waals surface area contributed by atoms with E-state index >= 15 is 0 Å². The van der Waals surface area contributed by atoms with E-state index in [2.05, 4.69) is 0 Å². The van der Waals surface area contributed by atoms with Gasteiger partial charge in [-0.1, -0.05) is 12.8 Å². The van der Waals surface area contributed by atoms with E-state index in [4.69, 9.17) is 8.83 Å². The predicted molar refractivity (Wildman–Crippen MR) is 123 cm³/mol. The number of likely N-dealkylation sites (tertiary alicyclic amines) is 1. The molecule has 1 aliphatic carbocycles. The molecule has 2 atom stereocenters. The second kappa shape index (κ2) is 7.77. The Kier molecular flexibility index (Phi) is 5.16. The average Bonchev–Trinajstić information content (AvgIpc) is 3.14. The molecular formula is C26H31NO5. The first kappa shape index (κ1) is 21.3. The van der Waals surface area contributed by atoms with Crippen LogP contribution in [-0.2, 0) is 11.2 Å². The van der Waals surface area contributed by atoms with Crippen LogP contribution >= 0.6 is 0 Å². The zero-order valence-electron chi connectivity index (χ0n) is 19.1. The largest absolute Gasteiger partial charge is 0.464 e. The molecule has 3 heterocycles. The van der Waals surface area contributed by atoms with Crippen molar-refractivity contribution in [3.8, 4) is 0 Å². The Morgan fingerprint density at radius 2 is 1.97 bits per heavy atom. The Bertz CT molecular complexity index is 1270. The number of benzene rings is 1. The van der Waals surface area contributed by atoms with Gasteiger partial charge in [-0.15, -0.1) is 0 Å². The Labute approximate surface area is 187 Å². The molecule has 6 heteroatoms. The second-order valence-electron chi connectivity index (χ2n) is 9.80. The fourth-order valence-corrected chi connectivity index (χ4v) is 5.80. The molecule has 1 saturated carbocycles. The summed E-state index contributed by atoms with van der Waals surface area (Å²) in [5.74, 6) is 0.221. The van der Waals surface area contributed by atoms with Gasteiger partial charge in [0.2, 0.25) is 5.91 Å². The highest BCUT2D eigenvalue weighted by Gasteiger charge is 2.43. The number of carbonyl (C=O) groups is 1. The Balaban J connectivity index is 1.38. The highest BCUT2D eigenvalue weighted by Crippen LogP contribution is 2.40. The first-order chi connectivity index (χ1) is 15.3. The van der Waals surface area contributed by atoms with Gasteiger partial charge in [0, 0.05) is 47.3 Å². The quantitative estimate of drug-likeness (QED) is 0.608. The third-order valence-electron chi connectivity index (χ3n) is 7.90. The molecule has 0 bridgehead atoms. The summed E-state index contributed by atoms with van der Waals surface area (Å²) in [6.07, 6.45) is 7.02. The fraction of sp³-hybridized carbons (Fsp3) is 0.538. The summed E-state index contributed by atoms with van der Waals surface area (Å²) in [5, 5.41) is 12.8. The molecule has 1 amide bonds. The monoisotopic (exact) mass is 437 g/mol. The molecule has 1 aromatic carbocycles. The number of piperidine rings is 1. The van der Waals surface area contributed by atoms with Gasteiger partial charge in [-0.3, -0.25) is 4.79 Å². The van der Waals surface area contributed by atoms with Crippen LogP contribution in [0.25, 0.3) is 21.9 Å². The first-order valence-corrected chi connectivity index (χ1v) is 11.7. The lowest BCUT2D eigenvalue weighted by molar-refractivity contribution is -0.143. The number of aliphatic hydroxyl groups is 1. The van der Waals surface area contributed by atoms with Gasteiger partial charge in [-0.05, 0) is 63.6 Å². The molecule has 1 aliphatic heterocycles. The van der Waals surface area contributed by atoms with Crippen LogP contribution in [0.15, 0.2) is 26.0 Å². The Hall–Kier alpha value is -2.60. The summed E-state index contributed by atoms with van der Waals surface area (Å²) in [7, 11) is 0. The maximum atomic E-state index is 13.0. The smallest absolute Gasteiger partial charge is 0.339 e. The number of carbonyl (C=O) groups excluding carboxylic acids is 1. The minimum Gasteiger partial charge on any atom is -0.464 e. The molecule has 0 radical (unpaired) electrons. The number of furan rings is 1. The van der Waals surface area contributed by atoms with Crippen molar-refractivity contribution in [2.45, 2.75) is 71.3 Å². The number of fused-ring (bicyclic) bond motifs is 3. The predicted octanol–water partition coefficient (Wildman–Crippen LogP) is 4.55. The molecule has 0 spiro atoms. The van der Waals surface area contributed by atoms with E-state index in [1.165, 1.54) is 0 Å². The van der Waals surface area contributed by atoms with Crippen molar-refractivity contribution in [2.75, 3.05) is 13.1 Å². The van der Waals surface area contributed by atoms with Gasteiger partial charge in [-0.2, -0.15) is 0 Å². The van der Waals surface area contributed by atoms with Crippen LogP contribution in [-0.4, -0.2) is 34.6 Å². The highest BCUT2D eigenvalue weighted by molar-refractivity contribution is 5.99. The topological polar surface area (TPSA) is 83.9 Å². The van der Waals surface area contributed by atoms with E-state index in [9.17, 15) is 14.7 Å². The van der Waals surface area contributed by atoms with Crippen LogP contribution in [0.2, 0.25) is 0 Å². The van der Waals surface area contributed by atoms with Crippen molar-refractivity contribution in [3.05, 3.63) is 45.0 Å². The third kappa shape index (κ3) is 3.36. The molecule has 170 valence electrons. The van der Waals surface area contributed by atoms with Crippen LogP contribution in [0.1, 0.15) is 60.8 Å². The molecule has 2 aromatic heterocycles. The molecule has 1 saturated heterocycles. The summed E-state index contributed by atoms with van der Waals surface area (Å²) >= 11 is 0. The number of amides is 1. The van der Waals surface area contributed by atoms with Gasteiger partial charge in [-0.25, -0.2) is 4.79 Å². The number of hydrogen-bond donors (Lipinski definition) is 1. The molecule has 5 rings (SSSR count). The van der Waals surface area contributed by atoms with Gasteiger partial charge in [0.05, 0.1) is 11.9 Å². The molecule has 1 N–H and O–H groups in total. The van der Waals surface area contributed by atoms with Crippen molar-refractivity contribution in [3.63, 3.8) is 0 Å². The van der Waals surface area contributed by atoms with E-state index in [0.717, 1.165) is 58.7 Å². The summed E-state index contributed by atoms with van der Waals surface area (Å²) in [5.41, 5.74) is 3.62. The van der Waals surface area contributed by atoms with E-state index in [1.807, 2.05) is 31.7 Å². The summed E-state index contributed by atoms with van der Waals surface area (Å²) in [6, 6.07) is 2.02. The van der Waals surface area contributed by atoms with Crippen molar-refractivity contribution >= 4 is 27.8 Å². The Morgan fingerprint density at radius 3 is 2.78 bits per heavy atom. The lowest BCUT2D eigenvalue weighted by atomic mass is 9.71. The molecule has 2 aliphatic rings. The SMILES string of the molecule is Cc1coc2c(C)c3oc(=O)c(CCC(=O)N4CC[C@@]5(O)CCCC[C@H]5C4)c(C)c3cc12. The van der Waals surface area contributed by atoms with Gasteiger partial charge in [0.15, 0.2) is 0 Å². The van der Waals surface area contributed by atoms with Crippen molar-refractivity contribution in [2.24, 2.45) is 5.92 Å². The molecule has 32 heavy (non-hydrogen) atoms. The zero-order chi connectivity index (χ0) is 22.6. The highest BCUT2D eigenvalue weighted by atomic mass is 16.4. The zero-order valence-corrected chi connectivity index (χ0v) is 19.1.